The lowest BCUT2D eigenvalue weighted by Gasteiger charge is -2.19. The number of nitrogens with one attached hydrogen (secondary N) is 1. The van der Waals surface area contributed by atoms with Crippen LogP contribution in [0, 0.1) is 11.8 Å². The molecule has 1 aliphatic carbocycles. The fourth-order valence-electron chi connectivity index (χ4n) is 2.39. The van der Waals surface area contributed by atoms with Crippen LogP contribution in [0.1, 0.15) is 46.0 Å². The van der Waals surface area contributed by atoms with Crippen molar-refractivity contribution >= 4 is 0 Å². The van der Waals surface area contributed by atoms with E-state index in [2.05, 4.69) is 19.2 Å². The van der Waals surface area contributed by atoms with Crippen molar-refractivity contribution in [2.24, 2.45) is 17.6 Å². The van der Waals surface area contributed by atoms with E-state index in [1.54, 1.807) is 0 Å². The highest BCUT2D eigenvalue weighted by Crippen LogP contribution is 2.24. The minimum atomic E-state index is 0.715. The monoisotopic (exact) mass is 198 g/mol. The summed E-state index contributed by atoms with van der Waals surface area (Å²) >= 11 is 0. The maximum absolute atomic E-state index is 5.74. The van der Waals surface area contributed by atoms with Crippen molar-refractivity contribution in [2.75, 3.05) is 13.1 Å². The SMILES string of the molecule is CC(C)CCCNC1CCCC1CN. The fraction of sp³-hybridized carbons (Fsp3) is 1.00. The van der Waals surface area contributed by atoms with Crippen LogP contribution in [0.15, 0.2) is 0 Å². The van der Waals surface area contributed by atoms with Gasteiger partial charge in [0.1, 0.15) is 0 Å². The summed E-state index contributed by atoms with van der Waals surface area (Å²) in [6.45, 7) is 6.62. The van der Waals surface area contributed by atoms with E-state index in [4.69, 9.17) is 5.73 Å². The standard InChI is InChI=1S/C12H26N2/c1-10(2)5-4-8-14-12-7-3-6-11(12)9-13/h10-12,14H,3-9,13H2,1-2H3. The lowest BCUT2D eigenvalue weighted by Crippen LogP contribution is -2.36. The molecule has 0 aromatic carbocycles. The Morgan fingerprint density at radius 3 is 2.79 bits per heavy atom. The molecule has 0 aromatic heterocycles. The molecule has 0 spiro atoms. The largest absolute Gasteiger partial charge is 0.330 e. The minimum Gasteiger partial charge on any atom is -0.330 e. The molecular formula is C12H26N2. The molecular weight excluding hydrogens is 172 g/mol. The molecule has 1 fully saturated rings. The Hall–Kier alpha value is -0.0800. The average Bonchev–Trinajstić information content (AvgIpc) is 2.59. The second-order valence-corrected chi connectivity index (χ2v) is 5.02. The van der Waals surface area contributed by atoms with Gasteiger partial charge in [-0.2, -0.15) is 0 Å². The van der Waals surface area contributed by atoms with Crippen LogP contribution in [-0.2, 0) is 0 Å². The third kappa shape index (κ3) is 3.97. The van der Waals surface area contributed by atoms with Crippen molar-refractivity contribution in [2.45, 2.75) is 52.0 Å². The molecule has 2 atom stereocenters. The second kappa shape index (κ2) is 6.41. The first kappa shape index (κ1) is 12.0. The van der Waals surface area contributed by atoms with Crippen LogP contribution in [0.5, 0.6) is 0 Å². The normalized spacial score (nSPS) is 27.4. The molecule has 3 N–H and O–H groups in total. The van der Waals surface area contributed by atoms with Gasteiger partial charge in [0.2, 0.25) is 0 Å². The Kier molecular flexibility index (Phi) is 5.49. The molecule has 1 rings (SSSR count). The zero-order valence-electron chi connectivity index (χ0n) is 9.76. The van der Waals surface area contributed by atoms with Crippen molar-refractivity contribution in [3.05, 3.63) is 0 Å². The lowest BCUT2D eigenvalue weighted by atomic mass is 10.0. The van der Waals surface area contributed by atoms with Crippen molar-refractivity contribution in [1.82, 2.24) is 5.32 Å². The summed E-state index contributed by atoms with van der Waals surface area (Å²) in [6.07, 6.45) is 6.68. The zero-order valence-corrected chi connectivity index (χ0v) is 9.76. The van der Waals surface area contributed by atoms with E-state index in [1.807, 2.05) is 0 Å². The first-order chi connectivity index (χ1) is 6.74. The van der Waals surface area contributed by atoms with Gasteiger partial charge in [-0.3, -0.25) is 0 Å². The van der Waals surface area contributed by atoms with Crippen molar-refractivity contribution < 1.29 is 0 Å². The van der Waals surface area contributed by atoms with Gasteiger partial charge < -0.3 is 11.1 Å². The van der Waals surface area contributed by atoms with E-state index >= 15 is 0 Å². The molecule has 2 unspecified atom stereocenters. The van der Waals surface area contributed by atoms with Gasteiger partial charge in [0.25, 0.3) is 0 Å². The molecule has 0 heterocycles. The summed E-state index contributed by atoms with van der Waals surface area (Å²) in [4.78, 5) is 0. The van der Waals surface area contributed by atoms with Gasteiger partial charge in [-0.05, 0) is 50.6 Å². The predicted octanol–water partition coefficient (Wildman–Crippen LogP) is 2.14. The summed E-state index contributed by atoms with van der Waals surface area (Å²) in [5.74, 6) is 1.58. The van der Waals surface area contributed by atoms with Crippen LogP contribution in [0.25, 0.3) is 0 Å². The molecule has 0 amide bonds. The Morgan fingerprint density at radius 2 is 2.14 bits per heavy atom. The minimum absolute atomic E-state index is 0.715. The maximum atomic E-state index is 5.74. The quantitative estimate of drug-likeness (QED) is 0.642. The Bertz CT molecular complexity index is 145. The zero-order chi connectivity index (χ0) is 10.4. The molecule has 0 saturated heterocycles. The predicted molar refractivity (Wildman–Crippen MR) is 62.3 cm³/mol. The van der Waals surface area contributed by atoms with Crippen molar-refractivity contribution in [3.63, 3.8) is 0 Å². The Balaban J connectivity index is 2.05. The molecule has 2 nitrogen and oxygen atoms in total. The van der Waals surface area contributed by atoms with Gasteiger partial charge in [0, 0.05) is 6.04 Å². The fourth-order valence-corrected chi connectivity index (χ4v) is 2.39. The highest BCUT2D eigenvalue weighted by atomic mass is 14.9. The summed E-state index contributed by atoms with van der Waals surface area (Å²) in [5.41, 5.74) is 5.74. The van der Waals surface area contributed by atoms with Crippen LogP contribution in [0.3, 0.4) is 0 Å². The van der Waals surface area contributed by atoms with Gasteiger partial charge in [0.15, 0.2) is 0 Å². The van der Waals surface area contributed by atoms with E-state index in [1.165, 1.54) is 38.6 Å². The highest BCUT2D eigenvalue weighted by molar-refractivity contribution is 4.83. The molecule has 0 radical (unpaired) electrons. The van der Waals surface area contributed by atoms with Gasteiger partial charge >= 0.3 is 0 Å². The summed E-state index contributed by atoms with van der Waals surface area (Å²) in [7, 11) is 0. The number of nitrogens with two attached hydrogens (primary N) is 1. The van der Waals surface area contributed by atoms with Gasteiger partial charge in [0.05, 0.1) is 0 Å². The summed E-state index contributed by atoms with van der Waals surface area (Å²) in [5, 5.41) is 3.66. The first-order valence-corrected chi connectivity index (χ1v) is 6.17. The van der Waals surface area contributed by atoms with Crippen LogP contribution in [0.2, 0.25) is 0 Å². The lowest BCUT2D eigenvalue weighted by molar-refractivity contribution is 0.396. The number of hydrogen-bond donors (Lipinski definition) is 2. The molecule has 0 bridgehead atoms. The maximum Gasteiger partial charge on any atom is 0.0107 e. The van der Waals surface area contributed by atoms with E-state index < -0.39 is 0 Å². The van der Waals surface area contributed by atoms with Crippen molar-refractivity contribution in [3.8, 4) is 0 Å². The van der Waals surface area contributed by atoms with E-state index in [0.29, 0.717) is 6.04 Å². The average molecular weight is 198 g/mol. The third-order valence-corrected chi connectivity index (χ3v) is 3.33. The summed E-state index contributed by atoms with van der Waals surface area (Å²) < 4.78 is 0. The molecule has 0 aliphatic heterocycles. The summed E-state index contributed by atoms with van der Waals surface area (Å²) in [6, 6.07) is 0.715. The smallest absolute Gasteiger partial charge is 0.0107 e. The van der Waals surface area contributed by atoms with Gasteiger partial charge in [-0.1, -0.05) is 20.3 Å². The first-order valence-electron chi connectivity index (χ1n) is 6.17. The molecule has 84 valence electrons. The van der Waals surface area contributed by atoms with Crippen LogP contribution < -0.4 is 11.1 Å². The molecule has 1 aliphatic rings. The van der Waals surface area contributed by atoms with Crippen LogP contribution in [0.4, 0.5) is 0 Å². The second-order valence-electron chi connectivity index (χ2n) is 5.02. The van der Waals surface area contributed by atoms with Crippen LogP contribution in [-0.4, -0.2) is 19.1 Å². The third-order valence-electron chi connectivity index (χ3n) is 3.33. The highest BCUT2D eigenvalue weighted by Gasteiger charge is 2.24. The van der Waals surface area contributed by atoms with E-state index in [9.17, 15) is 0 Å². The van der Waals surface area contributed by atoms with Crippen molar-refractivity contribution in [1.29, 1.82) is 0 Å². The molecule has 0 aromatic rings. The molecule has 1 saturated carbocycles. The number of hydrogen-bond acceptors (Lipinski definition) is 2. The molecule has 2 heteroatoms. The van der Waals surface area contributed by atoms with Crippen LogP contribution >= 0.6 is 0 Å². The topological polar surface area (TPSA) is 38.0 Å². The number of rotatable bonds is 6. The van der Waals surface area contributed by atoms with E-state index in [-0.39, 0.29) is 0 Å². The van der Waals surface area contributed by atoms with Gasteiger partial charge in [-0.15, -0.1) is 0 Å². The Morgan fingerprint density at radius 1 is 1.36 bits per heavy atom. The Labute approximate surface area is 88.6 Å². The van der Waals surface area contributed by atoms with Gasteiger partial charge in [-0.25, -0.2) is 0 Å². The molecule has 14 heavy (non-hydrogen) atoms. The van der Waals surface area contributed by atoms with E-state index in [0.717, 1.165) is 18.4 Å².